The normalized spacial score (nSPS) is 17.8. The maximum atomic E-state index is 12.0. The summed E-state index contributed by atoms with van der Waals surface area (Å²) in [4.78, 5) is 17.6. The Morgan fingerprint density at radius 2 is 2.06 bits per heavy atom. The van der Waals surface area contributed by atoms with Crippen molar-refractivity contribution >= 4 is 5.91 Å². The van der Waals surface area contributed by atoms with Crippen LogP contribution in [0.5, 0.6) is 0 Å². The Bertz CT molecular complexity index is 367. The van der Waals surface area contributed by atoms with E-state index in [1.165, 1.54) is 11.0 Å². The molecule has 0 aromatic carbocycles. The molecular weight excluding hydrogens is 206 g/mol. The van der Waals surface area contributed by atoms with Crippen molar-refractivity contribution in [2.24, 2.45) is 7.05 Å². The van der Waals surface area contributed by atoms with E-state index in [1.54, 1.807) is 7.05 Å². The van der Waals surface area contributed by atoms with Crippen molar-refractivity contribution in [1.82, 2.24) is 24.8 Å². The van der Waals surface area contributed by atoms with Gasteiger partial charge in [-0.1, -0.05) is 6.92 Å². The molecule has 0 unspecified atom stereocenters. The number of hydrogen-bond donors (Lipinski definition) is 0. The van der Waals surface area contributed by atoms with Crippen LogP contribution in [0.2, 0.25) is 0 Å². The molecule has 0 bridgehead atoms. The number of likely N-dealkylation sites (N-methyl/N-ethyl adjacent to an activating group) is 1. The molecule has 6 heteroatoms. The highest BCUT2D eigenvalue weighted by molar-refractivity contribution is 5.91. The van der Waals surface area contributed by atoms with Crippen LogP contribution in [0.1, 0.15) is 17.4 Å². The lowest BCUT2D eigenvalue weighted by atomic mass is 10.3. The highest BCUT2D eigenvalue weighted by atomic mass is 16.2. The van der Waals surface area contributed by atoms with E-state index in [0.29, 0.717) is 5.69 Å². The summed E-state index contributed by atoms with van der Waals surface area (Å²) in [6.07, 6.45) is 1.52. The summed E-state index contributed by atoms with van der Waals surface area (Å²) in [6, 6.07) is 0. The number of piperazine rings is 1. The molecule has 0 saturated carbocycles. The van der Waals surface area contributed by atoms with Gasteiger partial charge in [-0.15, -0.1) is 5.10 Å². The largest absolute Gasteiger partial charge is 0.335 e. The molecule has 16 heavy (non-hydrogen) atoms. The molecule has 2 heterocycles. The van der Waals surface area contributed by atoms with Gasteiger partial charge in [0.05, 0.1) is 6.20 Å². The number of amides is 1. The van der Waals surface area contributed by atoms with Crippen LogP contribution in [0.4, 0.5) is 0 Å². The van der Waals surface area contributed by atoms with Crippen LogP contribution in [-0.4, -0.2) is 63.4 Å². The predicted molar refractivity (Wildman–Crippen MR) is 59.0 cm³/mol. The zero-order valence-corrected chi connectivity index (χ0v) is 9.76. The van der Waals surface area contributed by atoms with Crippen molar-refractivity contribution in [1.29, 1.82) is 0 Å². The first kappa shape index (κ1) is 11.1. The van der Waals surface area contributed by atoms with Crippen LogP contribution in [0.15, 0.2) is 6.20 Å². The Morgan fingerprint density at radius 3 is 2.56 bits per heavy atom. The summed E-state index contributed by atoms with van der Waals surface area (Å²) in [7, 11) is 1.71. The number of nitrogens with zero attached hydrogens (tertiary/aromatic N) is 5. The summed E-state index contributed by atoms with van der Waals surface area (Å²) in [6.45, 7) is 6.64. The molecule has 1 aromatic heterocycles. The summed E-state index contributed by atoms with van der Waals surface area (Å²) in [5.74, 6) is -0.0103. The van der Waals surface area contributed by atoms with Gasteiger partial charge in [-0.25, -0.2) is 0 Å². The minimum Gasteiger partial charge on any atom is -0.335 e. The Labute approximate surface area is 94.8 Å². The maximum Gasteiger partial charge on any atom is 0.276 e. The molecule has 6 nitrogen and oxygen atoms in total. The monoisotopic (exact) mass is 223 g/mol. The fourth-order valence-corrected chi connectivity index (χ4v) is 1.87. The van der Waals surface area contributed by atoms with Gasteiger partial charge >= 0.3 is 0 Å². The highest BCUT2D eigenvalue weighted by Crippen LogP contribution is 2.05. The first-order chi connectivity index (χ1) is 7.70. The Hall–Kier alpha value is -1.43. The second-order valence-corrected chi connectivity index (χ2v) is 3.95. The Kier molecular flexibility index (Phi) is 3.19. The second-order valence-electron chi connectivity index (χ2n) is 3.95. The Balaban J connectivity index is 1.96. The van der Waals surface area contributed by atoms with Crippen molar-refractivity contribution in [2.45, 2.75) is 6.92 Å². The van der Waals surface area contributed by atoms with Gasteiger partial charge in [0.15, 0.2) is 5.69 Å². The predicted octanol–water partition coefficient (Wildman–Crippen LogP) is -0.407. The van der Waals surface area contributed by atoms with Gasteiger partial charge in [0, 0.05) is 33.2 Å². The van der Waals surface area contributed by atoms with Crippen molar-refractivity contribution < 1.29 is 4.79 Å². The van der Waals surface area contributed by atoms with E-state index in [-0.39, 0.29) is 5.91 Å². The number of aryl methyl sites for hydroxylation is 1. The standard InChI is InChI=1S/C10H17N5O/c1-3-14-4-6-15(7-5-14)10(16)9-8-11-13(2)12-9/h8H,3-7H2,1-2H3. The van der Waals surface area contributed by atoms with Crippen molar-refractivity contribution in [3.05, 3.63) is 11.9 Å². The molecule has 1 amide bonds. The maximum absolute atomic E-state index is 12.0. The minimum absolute atomic E-state index is 0.0103. The molecule has 0 radical (unpaired) electrons. The number of carbonyl (C=O) groups excluding carboxylic acids is 1. The average molecular weight is 223 g/mol. The fourth-order valence-electron chi connectivity index (χ4n) is 1.87. The van der Waals surface area contributed by atoms with E-state index < -0.39 is 0 Å². The molecule has 0 N–H and O–H groups in total. The number of carbonyl (C=O) groups is 1. The van der Waals surface area contributed by atoms with Crippen LogP contribution in [0.25, 0.3) is 0 Å². The van der Waals surface area contributed by atoms with Crippen LogP contribution in [0.3, 0.4) is 0 Å². The second kappa shape index (κ2) is 4.61. The fraction of sp³-hybridized carbons (Fsp3) is 0.700. The zero-order valence-electron chi connectivity index (χ0n) is 9.76. The lowest BCUT2D eigenvalue weighted by Gasteiger charge is -2.33. The molecule has 1 fully saturated rings. The van der Waals surface area contributed by atoms with Crippen LogP contribution in [0, 0.1) is 0 Å². The lowest BCUT2D eigenvalue weighted by molar-refractivity contribution is 0.0637. The average Bonchev–Trinajstić information content (AvgIpc) is 2.75. The van der Waals surface area contributed by atoms with E-state index in [1.807, 2.05) is 4.90 Å². The van der Waals surface area contributed by atoms with Crippen LogP contribution in [-0.2, 0) is 7.05 Å². The summed E-state index contributed by atoms with van der Waals surface area (Å²) < 4.78 is 0. The highest BCUT2D eigenvalue weighted by Gasteiger charge is 2.22. The molecule has 88 valence electrons. The quantitative estimate of drug-likeness (QED) is 0.684. The van der Waals surface area contributed by atoms with Gasteiger partial charge in [-0.3, -0.25) is 4.79 Å². The van der Waals surface area contributed by atoms with Crippen molar-refractivity contribution in [2.75, 3.05) is 32.7 Å². The Morgan fingerprint density at radius 1 is 1.38 bits per heavy atom. The molecule has 1 aliphatic heterocycles. The zero-order chi connectivity index (χ0) is 11.5. The van der Waals surface area contributed by atoms with Gasteiger partial charge in [0.2, 0.25) is 0 Å². The third-order valence-corrected chi connectivity index (χ3v) is 2.93. The number of hydrogen-bond acceptors (Lipinski definition) is 4. The molecule has 1 saturated heterocycles. The topological polar surface area (TPSA) is 54.3 Å². The molecule has 0 atom stereocenters. The lowest BCUT2D eigenvalue weighted by Crippen LogP contribution is -2.48. The summed E-state index contributed by atoms with van der Waals surface area (Å²) in [5, 5.41) is 7.94. The van der Waals surface area contributed by atoms with Crippen molar-refractivity contribution in [3.8, 4) is 0 Å². The van der Waals surface area contributed by atoms with Crippen molar-refractivity contribution in [3.63, 3.8) is 0 Å². The number of rotatable bonds is 2. The first-order valence-corrected chi connectivity index (χ1v) is 5.58. The molecule has 0 spiro atoms. The van der Waals surface area contributed by atoms with E-state index in [4.69, 9.17) is 0 Å². The van der Waals surface area contributed by atoms with Gasteiger partial charge in [0.25, 0.3) is 5.91 Å². The third-order valence-electron chi connectivity index (χ3n) is 2.93. The molecule has 0 aliphatic carbocycles. The smallest absolute Gasteiger partial charge is 0.276 e. The van der Waals surface area contributed by atoms with Gasteiger partial charge in [0.1, 0.15) is 0 Å². The molecule has 2 rings (SSSR count). The van der Waals surface area contributed by atoms with Crippen LogP contribution < -0.4 is 0 Å². The number of aromatic nitrogens is 3. The molecular formula is C10H17N5O. The van der Waals surface area contributed by atoms with E-state index in [2.05, 4.69) is 22.0 Å². The van der Waals surface area contributed by atoms with Gasteiger partial charge < -0.3 is 9.80 Å². The molecule has 1 aromatic rings. The summed E-state index contributed by atoms with van der Waals surface area (Å²) >= 11 is 0. The van der Waals surface area contributed by atoms with Gasteiger partial charge in [-0.05, 0) is 6.54 Å². The third kappa shape index (κ3) is 2.21. The molecule has 1 aliphatic rings. The van der Waals surface area contributed by atoms with Crippen LogP contribution >= 0.6 is 0 Å². The van der Waals surface area contributed by atoms with E-state index in [0.717, 1.165) is 32.7 Å². The summed E-state index contributed by atoms with van der Waals surface area (Å²) in [5.41, 5.74) is 0.437. The van der Waals surface area contributed by atoms with E-state index >= 15 is 0 Å². The first-order valence-electron chi connectivity index (χ1n) is 5.58. The van der Waals surface area contributed by atoms with Gasteiger partial charge in [-0.2, -0.15) is 9.90 Å². The SMILES string of the molecule is CCN1CCN(C(=O)c2cnn(C)n2)CC1. The van der Waals surface area contributed by atoms with E-state index in [9.17, 15) is 4.79 Å². The minimum atomic E-state index is -0.0103.